The number of carbonyl (C=O) groups is 1. The largest absolute Gasteiger partial charge is 0.481 e. The van der Waals surface area contributed by atoms with Gasteiger partial charge in [0, 0.05) is 17.4 Å². The fraction of sp³-hybridized carbons (Fsp3) is 0.857. The third-order valence-electron chi connectivity index (χ3n) is 10.1. The highest BCUT2D eigenvalue weighted by atomic mass is 16.4. The van der Waals surface area contributed by atoms with Crippen molar-refractivity contribution in [3.8, 4) is 0 Å². The molecule has 4 bridgehead atoms. The van der Waals surface area contributed by atoms with E-state index in [1.165, 1.54) is 0 Å². The maximum absolute atomic E-state index is 12.8. The van der Waals surface area contributed by atoms with Crippen molar-refractivity contribution in [1.29, 1.82) is 0 Å². The van der Waals surface area contributed by atoms with Crippen LogP contribution in [0.15, 0.2) is 12.2 Å². The minimum Gasteiger partial charge on any atom is -0.481 e. The van der Waals surface area contributed by atoms with Crippen LogP contribution in [0, 0.1) is 39.4 Å². The molecule has 4 N–H and O–H groups in total. The zero-order valence-corrected chi connectivity index (χ0v) is 15.7. The zero-order valence-electron chi connectivity index (χ0n) is 15.7. The first-order chi connectivity index (χ1) is 12.1. The van der Waals surface area contributed by atoms with Crippen molar-refractivity contribution < 1.29 is 25.2 Å². The maximum atomic E-state index is 12.8. The van der Waals surface area contributed by atoms with Crippen LogP contribution in [0.2, 0.25) is 0 Å². The first-order valence-corrected chi connectivity index (χ1v) is 10.0. The molecule has 0 aliphatic heterocycles. The van der Waals surface area contributed by atoms with Gasteiger partial charge in [0.05, 0.1) is 11.5 Å². The molecule has 0 aromatic rings. The number of aliphatic hydroxyl groups excluding tert-OH is 2. The first-order valence-electron chi connectivity index (χ1n) is 10.0. The fourth-order valence-electron chi connectivity index (χ4n) is 9.13. The third-order valence-corrected chi connectivity index (χ3v) is 10.1. The standard InChI is InChI=1S/C21H30O5/c1-11-12-7-14-19(16(24)25)6-4-5-17(2,10-22)13(19)8-15(23)20(14)18(3,9-12)21(11,20)26/h12-15,22-23,26H,1,4-10H2,2-3H3,(H,24,25)/t12-,13?,14?,15-,17+,18-,19+,20?,21+/m1/s1. The molecule has 9 atom stereocenters. The monoisotopic (exact) mass is 362 g/mol. The molecule has 6 aliphatic rings. The van der Waals surface area contributed by atoms with E-state index >= 15 is 0 Å². The van der Waals surface area contributed by atoms with Crippen LogP contribution < -0.4 is 0 Å². The third kappa shape index (κ3) is 1.27. The molecule has 3 unspecified atom stereocenters. The molecule has 0 radical (unpaired) electrons. The van der Waals surface area contributed by atoms with Gasteiger partial charge in [0.1, 0.15) is 5.60 Å². The Hall–Kier alpha value is -0.910. The van der Waals surface area contributed by atoms with Gasteiger partial charge in [-0.2, -0.15) is 0 Å². The summed E-state index contributed by atoms with van der Waals surface area (Å²) in [4.78, 5) is 12.8. The summed E-state index contributed by atoms with van der Waals surface area (Å²) >= 11 is 0. The lowest BCUT2D eigenvalue weighted by atomic mass is 9.39. The van der Waals surface area contributed by atoms with Crippen LogP contribution in [0.25, 0.3) is 0 Å². The average Bonchev–Trinajstić information content (AvgIpc) is 2.99. The molecule has 1 spiro atoms. The van der Waals surface area contributed by atoms with Crippen molar-refractivity contribution in [1.82, 2.24) is 0 Å². The smallest absolute Gasteiger partial charge is 0.310 e. The average molecular weight is 362 g/mol. The van der Waals surface area contributed by atoms with Gasteiger partial charge in [0.2, 0.25) is 0 Å². The second-order valence-electron chi connectivity index (χ2n) is 10.4. The summed E-state index contributed by atoms with van der Waals surface area (Å²) in [7, 11) is 0. The second-order valence-corrected chi connectivity index (χ2v) is 10.4. The van der Waals surface area contributed by atoms with E-state index in [9.17, 15) is 25.2 Å². The van der Waals surface area contributed by atoms with Gasteiger partial charge in [0.25, 0.3) is 0 Å². The highest BCUT2D eigenvalue weighted by Gasteiger charge is 2.97. The molecular formula is C21H30O5. The molecule has 6 rings (SSSR count). The summed E-state index contributed by atoms with van der Waals surface area (Å²) in [6, 6.07) is 0. The highest BCUT2D eigenvalue weighted by molar-refractivity contribution is 5.78. The van der Waals surface area contributed by atoms with Crippen LogP contribution in [0.1, 0.15) is 52.4 Å². The van der Waals surface area contributed by atoms with E-state index in [2.05, 4.69) is 6.58 Å². The van der Waals surface area contributed by atoms with Crippen LogP contribution in [-0.4, -0.2) is 44.7 Å². The minimum atomic E-state index is -1.13. The quantitative estimate of drug-likeness (QED) is 0.563. The van der Waals surface area contributed by atoms with Gasteiger partial charge in [0.15, 0.2) is 0 Å². The summed E-state index contributed by atoms with van der Waals surface area (Å²) in [5, 5.41) is 43.5. The molecule has 6 aliphatic carbocycles. The van der Waals surface area contributed by atoms with E-state index < -0.39 is 39.3 Å². The van der Waals surface area contributed by atoms with Crippen LogP contribution in [0.3, 0.4) is 0 Å². The van der Waals surface area contributed by atoms with E-state index in [0.29, 0.717) is 19.3 Å². The van der Waals surface area contributed by atoms with Crippen LogP contribution in [0.4, 0.5) is 0 Å². The number of hydrogen-bond acceptors (Lipinski definition) is 4. The molecule has 0 saturated heterocycles. The van der Waals surface area contributed by atoms with Crippen molar-refractivity contribution in [2.75, 3.05) is 6.61 Å². The fourth-order valence-corrected chi connectivity index (χ4v) is 9.13. The summed E-state index contributed by atoms with van der Waals surface area (Å²) in [6.45, 7) is 8.11. The Morgan fingerprint density at radius 1 is 1.23 bits per heavy atom. The van der Waals surface area contributed by atoms with E-state index in [1.807, 2.05) is 13.8 Å². The molecule has 5 heteroatoms. The SMILES string of the molecule is C=C1[C@@H]2CC3C4([C@H](O)CC5[C@](C)(CO)CCC[C@@]35C(=O)O)[C@@]1(O)[C@]4(C)C2. The number of aliphatic carboxylic acids is 1. The van der Waals surface area contributed by atoms with Crippen molar-refractivity contribution >= 4 is 5.97 Å². The molecule has 0 aromatic heterocycles. The van der Waals surface area contributed by atoms with Gasteiger partial charge in [-0.25, -0.2) is 0 Å². The molecule has 5 nitrogen and oxygen atoms in total. The van der Waals surface area contributed by atoms with Gasteiger partial charge >= 0.3 is 5.97 Å². The lowest BCUT2D eigenvalue weighted by molar-refractivity contribution is -0.223. The lowest BCUT2D eigenvalue weighted by Crippen LogP contribution is -2.66. The summed E-state index contributed by atoms with van der Waals surface area (Å²) < 4.78 is 0. The molecule has 26 heavy (non-hydrogen) atoms. The van der Waals surface area contributed by atoms with Gasteiger partial charge < -0.3 is 20.4 Å². The number of hydrogen-bond donors (Lipinski definition) is 4. The van der Waals surface area contributed by atoms with Crippen LogP contribution in [-0.2, 0) is 4.79 Å². The zero-order chi connectivity index (χ0) is 18.9. The van der Waals surface area contributed by atoms with Crippen molar-refractivity contribution in [3.63, 3.8) is 0 Å². The summed E-state index contributed by atoms with van der Waals surface area (Å²) in [6.07, 6.45) is 3.22. The summed E-state index contributed by atoms with van der Waals surface area (Å²) in [5.74, 6) is -1.19. The molecule has 144 valence electrons. The van der Waals surface area contributed by atoms with Crippen LogP contribution in [0.5, 0.6) is 0 Å². The number of carboxylic acids is 1. The maximum Gasteiger partial charge on any atom is 0.310 e. The second kappa shape index (κ2) is 4.39. The molecule has 6 saturated carbocycles. The number of rotatable bonds is 2. The Bertz CT molecular complexity index is 734. The van der Waals surface area contributed by atoms with Gasteiger partial charge in [-0.05, 0) is 60.8 Å². The topological polar surface area (TPSA) is 98.0 Å². The Kier molecular flexibility index (Phi) is 2.91. The highest BCUT2D eigenvalue weighted by Crippen LogP contribution is 2.93. The van der Waals surface area contributed by atoms with E-state index in [-0.39, 0.29) is 24.4 Å². The van der Waals surface area contributed by atoms with Crippen molar-refractivity contribution in [3.05, 3.63) is 12.2 Å². The normalized spacial score (nSPS) is 62.4. The Balaban J connectivity index is 1.73. The first kappa shape index (κ1) is 17.2. The summed E-state index contributed by atoms with van der Waals surface area (Å²) in [5.41, 5.74) is -3.03. The Morgan fingerprint density at radius 2 is 1.92 bits per heavy atom. The van der Waals surface area contributed by atoms with Gasteiger partial charge in [-0.3, -0.25) is 4.79 Å². The van der Waals surface area contributed by atoms with Crippen molar-refractivity contribution in [2.45, 2.75) is 64.1 Å². The Labute approximate surface area is 154 Å². The lowest BCUT2D eigenvalue weighted by Gasteiger charge is -2.64. The predicted octanol–water partition coefficient (Wildman–Crippen LogP) is 1.95. The van der Waals surface area contributed by atoms with Gasteiger partial charge in [-0.15, -0.1) is 0 Å². The van der Waals surface area contributed by atoms with E-state index in [0.717, 1.165) is 24.8 Å². The van der Waals surface area contributed by atoms with Gasteiger partial charge in [-0.1, -0.05) is 26.8 Å². The number of fused-ring (bicyclic) bond motifs is 1. The molecule has 0 amide bonds. The Morgan fingerprint density at radius 3 is 2.46 bits per heavy atom. The van der Waals surface area contributed by atoms with E-state index in [1.54, 1.807) is 0 Å². The molecular weight excluding hydrogens is 332 g/mol. The predicted molar refractivity (Wildman–Crippen MR) is 94.1 cm³/mol. The molecule has 0 heterocycles. The number of carboxylic acid groups (broad SMARTS) is 1. The minimum absolute atomic E-state index is 0.0587. The molecule has 0 aromatic carbocycles. The van der Waals surface area contributed by atoms with Crippen molar-refractivity contribution in [2.24, 2.45) is 39.4 Å². The number of aliphatic hydroxyl groups is 3. The molecule has 6 fully saturated rings. The van der Waals surface area contributed by atoms with Crippen LogP contribution >= 0.6 is 0 Å². The van der Waals surface area contributed by atoms with E-state index in [4.69, 9.17) is 0 Å².